The van der Waals surface area contributed by atoms with Gasteiger partial charge in [-0.2, -0.15) is 5.26 Å². The average Bonchev–Trinajstić information content (AvgIpc) is 2.68. The molecule has 0 N–H and O–H groups in total. The quantitative estimate of drug-likeness (QED) is 0.755. The van der Waals surface area contributed by atoms with E-state index >= 15 is 0 Å². The van der Waals surface area contributed by atoms with Gasteiger partial charge in [0.05, 0.1) is 19.1 Å². The molecule has 140 valence electrons. The molecule has 6 heteroatoms. The first-order chi connectivity index (χ1) is 13.1. The van der Waals surface area contributed by atoms with Crippen molar-refractivity contribution < 1.29 is 14.3 Å². The Kier molecular flexibility index (Phi) is 5.94. The Labute approximate surface area is 159 Å². The van der Waals surface area contributed by atoms with Gasteiger partial charge >= 0.3 is 0 Å². The number of nitrogens with zero attached hydrogens (tertiary/aromatic N) is 3. The Morgan fingerprint density at radius 3 is 2.67 bits per heavy atom. The maximum atomic E-state index is 12.4. The van der Waals surface area contributed by atoms with E-state index in [1.807, 2.05) is 42.5 Å². The second-order valence-corrected chi connectivity index (χ2v) is 6.57. The van der Waals surface area contributed by atoms with Crippen LogP contribution in [0.4, 0.5) is 5.69 Å². The van der Waals surface area contributed by atoms with Gasteiger partial charge in [-0.05, 0) is 30.3 Å². The molecule has 1 aliphatic heterocycles. The zero-order valence-corrected chi connectivity index (χ0v) is 15.6. The second-order valence-electron chi connectivity index (χ2n) is 6.57. The molecule has 1 amide bonds. The van der Waals surface area contributed by atoms with Gasteiger partial charge in [0.15, 0.2) is 6.61 Å². The fourth-order valence-corrected chi connectivity index (χ4v) is 3.03. The molecule has 0 aliphatic carbocycles. The van der Waals surface area contributed by atoms with Gasteiger partial charge < -0.3 is 14.4 Å². The van der Waals surface area contributed by atoms with Crippen LogP contribution < -0.4 is 14.4 Å². The first kappa shape index (κ1) is 18.7. The van der Waals surface area contributed by atoms with Crippen LogP contribution in [-0.4, -0.2) is 44.7 Å². The van der Waals surface area contributed by atoms with Crippen molar-refractivity contribution in [2.75, 3.05) is 38.8 Å². The number of ether oxygens (including phenoxy) is 2. The number of nitriles is 1. The van der Waals surface area contributed by atoms with Crippen LogP contribution in [0.3, 0.4) is 0 Å². The van der Waals surface area contributed by atoms with Crippen molar-refractivity contribution in [3.8, 4) is 17.6 Å². The van der Waals surface area contributed by atoms with E-state index in [-0.39, 0.29) is 18.4 Å². The number of likely N-dealkylation sites (tertiary alicyclic amines) is 1. The first-order valence-corrected chi connectivity index (χ1v) is 8.84. The molecular weight excluding hydrogens is 342 g/mol. The van der Waals surface area contributed by atoms with Crippen LogP contribution in [0, 0.1) is 17.2 Å². The minimum atomic E-state index is -0.127. The molecule has 0 radical (unpaired) electrons. The van der Waals surface area contributed by atoms with E-state index in [0.29, 0.717) is 12.3 Å². The molecule has 0 bridgehead atoms. The van der Waals surface area contributed by atoms with E-state index in [9.17, 15) is 4.79 Å². The van der Waals surface area contributed by atoms with Gasteiger partial charge in [-0.15, -0.1) is 0 Å². The smallest absolute Gasteiger partial charge is 0.264 e. The predicted molar refractivity (Wildman–Crippen MR) is 103 cm³/mol. The number of hydrogen-bond acceptors (Lipinski definition) is 5. The first-order valence-electron chi connectivity index (χ1n) is 8.84. The van der Waals surface area contributed by atoms with E-state index in [1.165, 1.54) is 0 Å². The summed E-state index contributed by atoms with van der Waals surface area (Å²) in [5.41, 5.74) is 1.81. The minimum absolute atomic E-state index is 0.0443. The predicted octanol–water partition coefficient (Wildman–Crippen LogP) is 2.69. The lowest BCUT2D eigenvalue weighted by molar-refractivity contribution is -0.120. The maximum Gasteiger partial charge on any atom is 0.264 e. The third kappa shape index (κ3) is 4.57. The summed E-state index contributed by atoms with van der Waals surface area (Å²) >= 11 is 0. The summed E-state index contributed by atoms with van der Waals surface area (Å²) in [5, 5.41) is 8.91. The van der Waals surface area contributed by atoms with Crippen LogP contribution in [0.15, 0.2) is 48.5 Å². The molecule has 0 atom stereocenters. The summed E-state index contributed by atoms with van der Waals surface area (Å²) in [6.45, 7) is 2.18. The van der Waals surface area contributed by atoms with Gasteiger partial charge in [-0.3, -0.25) is 9.69 Å². The van der Waals surface area contributed by atoms with Crippen LogP contribution in [0.2, 0.25) is 0 Å². The standard InChI is InChI=1S/C21H23N3O3/c1-23(18-6-4-3-5-7-18)21(25)15-27-19-8-9-20(26-2)17(10-19)14-24-12-16(11-22)13-24/h3-10,16H,12-15H2,1-2H3. The molecule has 3 rings (SSSR count). The lowest BCUT2D eigenvalue weighted by Gasteiger charge is -2.35. The molecule has 6 nitrogen and oxygen atoms in total. The summed E-state index contributed by atoms with van der Waals surface area (Å²) in [7, 11) is 3.36. The van der Waals surface area contributed by atoms with Crippen LogP contribution >= 0.6 is 0 Å². The molecular formula is C21H23N3O3. The van der Waals surface area contributed by atoms with E-state index in [4.69, 9.17) is 14.7 Å². The molecule has 27 heavy (non-hydrogen) atoms. The van der Waals surface area contributed by atoms with Gasteiger partial charge in [-0.25, -0.2) is 0 Å². The van der Waals surface area contributed by atoms with E-state index in [0.717, 1.165) is 30.1 Å². The van der Waals surface area contributed by atoms with Crippen molar-refractivity contribution in [3.05, 3.63) is 54.1 Å². The highest BCUT2D eigenvalue weighted by Crippen LogP contribution is 2.28. The van der Waals surface area contributed by atoms with Crippen molar-refractivity contribution in [1.29, 1.82) is 5.26 Å². The van der Waals surface area contributed by atoms with Gasteiger partial charge in [0.2, 0.25) is 0 Å². The molecule has 0 unspecified atom stereocenters. The van der Waals surface area contributed by atoms with Crippen molar-refractivity contribution in [2.45, 2.75) is 6.54 Å². The Morgan fingerprint density at radius 1 is 1.26 bits per heavy atom. The molecule has 0 aromatic heterocycles. The fraction of sp³-hybridized carbons (Fsp3) is 0.333. The highest BCUT2D eigenvalue weighted by molar-refractivity contribution is 5.93. The highest BCUT2D eigenvalue weighted by Gasteiger charge is 2.27. The summed E-state index contributed by atoms with van der Waals surface area (Å²) in [6.07, 6.45) is 0. The number of hydrogen-bond donors (Lipinski definition) is 0. The second kappa shape index (κ2) is 8.56. The largest absolute Gasteiger partial charge is 0.496 e. The molecule has 2 aromatic rings. The Balaban J connectivity index is 1.61. The van der Waals surface area contributed by atoms with Gasteiger partial charge in [0.25, 0.3) is 5.91 Å². The number of amides is 1. The Morgan fingerprint density at radius 2 is 2.00 bits per heavy atom. The van der Waals surface area contributed by atoms with E-state index in [2.05, 4.69) is 11.0 Å². The maximum absolute atomic E-state index is 12.4. The van der Waals surface area contributed by atoms with Crippen molar-refractivity contribution in [1.82, 2.24) is 4.90 Å². The molecule has 1 saturated heterocycles. The van der Waals surface area contributed by atoms with Gasteiger partial charge in [0.1, 0.15) is 11.5 Å². The Bertz CT molecular complexity index is 826. The zero-order chi connectivity index (χ0) is 19.2. The molecule has 1 fully saturated rings. The lowest BCUT2D eigenvalue weighted by Crippen LogP contribution is -2.45. The van der Waals surface area contributed by atoms with Gasteiger partial charge in [-0.1, -0.05) is 18.2 Å². The van der Waals surface area contributed by atoms with E-state index in [1.54, 1.807) is 25.1 Å². The third-order valence-corrected chi connectivity index (χ3v) is 4.67. The van der Waals surface area contributed by atoms with Crippen molar-refractivity contribution in [3.63, 3.8) is 0 Å². The zero-order valence-electron chi connectivity index (χ0n) is 15.6. The number of carbonyl (C=O) groups is 1. The summed E-state index contributed by atoms with van der Waals surface area (Å²) in [4.78, 5) is 16.1. The number of benzene rings is 2. The number of para-hydroxylation sites is 1. The van der Waals surface area contributed by atoms with Crippen molar-refractivity contribution >= 4 is 11.6 Å². The SMILES string of the molecule is COc1ccc(OCC(=O)N(C)c2ccccc2)cc1CN1CC(C#N)C1. The molecule has 1 aliphatic rings. The van der Waals surface area contributed by atoms with Crippen LogP contribution in [0.25, 0.3) is 0 Å². The monoisotopic (exact) mass is 365 g/mol. The molecule has 1 heterocycles. The summed E-state index contributed by atoms with van der Waals surface area (Å²) < 4.78 is 11.1. The number of carbonyl (C=O) groups excluding carboxylic acids is 1. The number of likely N-dealkylation sites (N-methyl/N-ethyl adjacent to an activating group) is 1. The average molecular weight is 365 g/mol. The molecule has 0 spiro atoms. The number of anilines is 1. The van der Waals surface area contributed by atoms with Crippen molar-refractivity contribution in [2.24, 2.45) is 5.92 Å². The van der Waals surface area contributed by atoms with Crippen LogP contribution in [0.1, 0.15) is 5.56 Å². The normalized spacial score (nSPS) is 14.1. The molecule has 0 saturated carbocycles. The topological polar surface area (TPSA) is 65.8 Å². The van der Waals surface area contributed by atoms with Gasteiger partial charge in [0, 0.05) is 37.9 Å². The number of methoxy groups -OCH3 is 1. The highest BCUT2D eigenvalue weighted by atomic mass is 16.5. The Hall–Kier alpha value is -3.04. The minimum Gasteiger partial charge on any atom is -0.496 e. The fourth-order valence-electron chi connectivity index (χ4n) is 3.03. The summed E-state index contributed by atoms with van der Waals surface area (Å²) in [6, 6.07) is 17.3. The third-order valence-electron chi connectivity index (χ3n) is 4.67. The van der Waals surface area contributed by atoms with Crippen LogP contribution in [0.5, 0.6) is 11.5 Å². The van der Waals surface area contributed by atoms with E-state index < -0.39 is 0 Å². The molecule has 2 aromatic carbocycles. The number of rotatable bonds is 7. The summed E-state index contributed by atoms with van der Waals surface area (Å²) in [5.74, 6) is 1.38. The lowest BCUT2D eigenvalue weighted by atomic mass is 10.0. The van der Waals surface area contributed by atoms with Crippen LogP contribution in [-0.2, 0) is 11.3 Å².